The van der Waals surface area contributed by atoms with Gasteiger partial charge in [-0.05, 0) is 49.7 Å². The molecule has 3 heterocycles. The first-order chi connectivity index (χ1) is 12.3. The summed E-state index contributed by atoms with van der Waals surface area (Å²) in [7, 11) is 0. The quantitative estimate of drug-likeness (QED) is 0.755. The Hall–Kier alpha value is -3.00. The topological polar surface area (TPSA) is 89.7 Å². The van der Waals surface area contributed by atoms with Crippen LogP contribution in [0.2, 0.25) is 0 Å². The third-order valence-corrected chi connectivity index (χ3v) is 4.26. The van der Waals surface area contributed by atoms with Gasteiger partial charge < -0.3 is 10.6 Å². The van der Waals surface area contributed by atoms with Gasteiger partial charge in [-0.1, -0.05) is 0 Å². The van der Waals surface area contributed by atoms with Crippen LogP contribution in [0.3, 0.4) is 0 Å². The van der Waals surface area contributed by atoms with Gasteiger partial charge in [0.2, 0.25) is 0 Å². The molecule has 1 amide bonds. The van der Waals surface area contributed by atoms with E-state index in [4.69, 9.17) is 0 Å². The molecule has 25 heavy (non-hydrogen) atoms. The molecule has 4 rings (SSSR count). The molecule has 1 aliphatic rings. The lowest BCUT2D eigenvalue weighted by molar-refractivity contribution is 0.102. The molecule has 0 bridgehead atoms. The maximum Gasteiger partial charge on any atom is 0.276 e. The van der Waals surface area contributed by atoms with Gasteiger partial charge in [-0.3, -0.25) is 9.48 Å². The molecule has 2 N–H and O–H groups in total. The normalized spacial score (nSPS) is 17.4. The highest BCUT2D eigenvalue weighted by molar-refractivity contribution is 6.02. The van der Waals surface area contributed by atoms with Crippen molar-refractivity contribution < 1.29 is 4.79 Å². The van der Waals surface area contributed by atoms with Crippen LogP contribution in [-0.4, -0.2) is 43.8 Å². The second-order valence-electron chi connectivity index (χ2n) is 6.00. The van der Waals surface area contributed by atoms with Crippen molar-refractivity contribution >= 4 is 11.6 Å². The second-order valence-corrected chi connectivity index (χ2v) is 6.00. The van der Waals surface area contributed by atoms with Crippen LogP contribution in [0.5, 0.6) is 0 Å². The Bertz CT molecular complexity index is 832. The Balaban J connectivity index is 1.42. The minimum absolute atomic E-state index is 0.215. The van der Waals surface area contributed by atoms with Gasteiger partial charge in [0.15, 0.2) is 5.69 Å². The lowest BCUT2D eigenvalue weighted by Gasteiger charge is -2.22. The van der Waals surface area contributed by atoms with Crippen molar-refractivity contribution in [3.8, 4) is 5.69 Å². The van der Waals surface area contributed by atoms with E-state index in [-0.39, 0.29) is 5.91 Å². The molecule has 1 saturated heterocycles. The first-order valence-electron chi connectivity index (χ1n) is 8.33. The average molecular weight is 337 g/mol. The molecule has 3 aromatic rings. The number of nitrogens with zero attached hydrogens (tertiary/aromatic N) is 5. The Labute approximate surface area is 144 Å². The summed E-state index contributed by atoms with van der Waals surface area (Å²) in [6.45, 7) is 1.95. The van der Waals surface area contributed by atoms with Crippen LogP contribution in [0.1, 0.15) is 29.4 Å². The molecule has 1 aromatic carbocycles. The molecule has 0 radical (unpaired) electrons. The van der Waals surface area contributed by atoms with E-state index in [0.29, 0.717) is 17.4 Å². The fourth-order valence-corrected chi connectivity index (χ4v) is 2.94. The van der Waals surface area contributed by atoms with Crippen LogP contribution >= 0.6 is 0 Å². The highest BCUT2D eigenvalue weighted by atomic mass is 16.1. The zero-order chi connectivity index (χ0) is 17.1. The van der Waals surface area contributed by atoms with Gasteiger partial charge in [0.05, 0.1) is 24.1 Å². The molecular weight excluding hydrogens is 318 g/mol. The Morgan fingerprint density at radius 1 is 1.16 bits per heavy atom. The van der Waals surface area contributed by atoms with E-state index in [0.717, 1.165) is 31.6 Å². The molecule has 1 atom stereocenters. The van der Waals surface area contributed by atoms with Crippen molar-refractivity contribution in [1.82, 2.24) is 30.1 Å². The summed E-state index contributed by atoms with van der Waals surface area (Å²) in [6.07, 6.45) is 7.32. The molecule has 0 spiro atoms. The molecule has 1 unspecified atom stereocenters. The van der Waals surface area contributed by atoms with Crippen LogP contribution in [0.4, 0.5) is 5.69 Å². The number of hydrogen-bond donors (Lipinski definition) is 2. The number of amides is 1. The number of piperidine rings is 1. The number of benzene rings is 1. The predicted molar refractivity (Wildman–Crippen MR) is 92.7 cm³/mol. The van der Waals surface area contributed by atoms with E-state index in [1.165, 1.54) is 4.80 Å². The average Bonchev–Trinajstić information content (AvgIpc) is 3.35. The summed E-state index contributed by atoms with van der Waals surface area (Å²) in [4.78, 5) is 13.9. The molecule has 2 aromatic heterocycles. The van der Waals surface area contributed by atoms with Crippen molar-refractivity contribution in [1.29, 1.82) is 0 Å². The zero-order valence-corrected chi connectivity index (χ0v) is 13.7. The molecule has 1 fully saturated rings. The van der Waals surface area contributed by atoms with Gasteiger partial charge in [0, 0.05) is 18.4 Å². The van der Waals surface area contributed by atoms with Gasteiger partial charge in [0.1, 0.15) is 0 Å². The first kappa shape index (κ1) is 15.5. The Kier molecular flexibility index (Phi) is 4.26. The minimum Gasteiger partial charge on any atom is -0.321 e. The molecule has 0 saturated carbocycles. The van der Waals surface area contributed by atoms with Crippen LogP contribution in [-0.2, 0) is 0 Å². The molecule has 128 valence electrons. The highest BCUT2D eigenvalue weighted by Crippen LogP contribution is 2.17. The Morgan fingerprint density at radius 2 is 1.96 bits per heavy atom. The monoisotopic (exact) mass is 337 g/mol. The van der Waals surface area contributed by atoms with Crippen molar-refractivity contribution in [3.05, 3.63) is 54.6 Å². The molecule has 8 nitrogen and oxygen atoms in total. The predicted octanol–water partition coefficient (Wildman–Crippen LogP) is 1.64. The van der Waals surface area contributed by atoms with E-state index in [2.05, 4.69) is 25.9 Å². The largest absolute Gasteiger partial charge is 0.321 e. The molecular formula is C17H19N7O. The van der Waals surface area contributed by atoms with Crippen LogP contribution in [0.25, 0.3) is 5.69 Å². The van der Waals surface area contributed by atoms with Crippen LogP contribution in [0, 0.1) is 0 Å². The highest BCUT2D eigenvalue weighted by Gasteiger charge is 2.17. The minimum atomic E-state index is -0.215. The lowest BCUT2D eigenvalue weighted by atomic mass is 10.1. The number of aromatic nitrogens is 5. The van der Waals surface area contributed by atoms with E-state index >= 15 is 0 Å². The third-order valence-electron chi connectivity index (χ3n) is 4.26. The number of hydrogen-bond acceptors (Lipinski definition) is 5. The smallest absolute Gasteiger partial charge is 0.276 e. The number of carbonyl (C=O) groups is 1. The lowest BCUT2D eigenvalue weighted by Crippen LogP contribution is -2.32. The first-order valence-corrected chi connectivity index (χ1v) is 8.33. The van der Waals surface area contributed by atoms with Gasteiger partial charge in [-0.25, -0.2) is 0 Å². The van der Waals surface area contributed by atoms with Crippen molar-refractivity contribution in [2.24, 2.45) is 0 Å². The maximum absolute atomic E-state index is 12.4. The van der Waals surface area contributed by atoms with Crippen LogP contribution in [0.15, 0.2) is 48.9 Å². The maximum atomic E-state index is 12.4. The fourth-order valence-electron chi connectivity index (χ4n) is 2.94. The van der Waals surface area contributed by atoms with E-state index in [9.17, 15) is 4.79 Å². The summed E-state index contributed by atoms with van der Waals surface area (Å²) < 4.78 is 1.88. The SMILES string of the molecule is O=C(Nc1ccc(-n2nccn2)cc1)c1ccn(C2CCCNC2)n1. The molecule has 0 aliphatic carbocycles. The standard InChI is InChI=1S/C17H19N7O/c25-17(16-7-11-23(22-16)15-2-1-8-18-12-15)21-13-3-5-14(6-4-13)24-19-9-10-20-24/h3-7,9-11,15,18H,1-2,8,12H2,(H,21,25). The zero-order valence-electron chi connectivity index (χ0n) is 13.7. The summed E-state index contributed by atoms with van der Waals surface area (Å²) in [5.41, 5.74) is 1.95. The number of nitrogens with one attached hydrogen (secondary N) is 2. The number of rotatable bonds is 4. The summed E-state index contributed by atoms with van der Waals surface area (Å²) in [5.74, 6) is -0.215. The summed E-state index contributed by atoms with van der Waals surface area (Å²) in [5, 5.41) is 18.8. The van der Waals surface area contributed by atoms with E-state index in [1.54, 1.807) is 18.5 Å². The van der Waals surface area contributed by atoms with E-state index in [1.807, 2.05) is 35.1 Å². The number of carbonyl (C=O) groups excluding carboxylic acids is 1. The van der Waals surface area contributed by atoms with Gasteiger partial charge >= 0.3 is 0 Å². The van der Waals surface area contributed by atoms with Gasteiger partial charge in [0.25, 0.3) is 5.91 Å². The fraction of sp³-hybridized carbons (Fsp3) is 0.294. The summed E-state index contributed by atoms with van der Waals surface area (Å²) in [6, 6.07) is 9.41. The second kappa shape index (κ2) is 6.86. The molecule has 1 aliphatic heterocycles. The summed E-state index contributed by atoms with van der Waals surface area (Å²) >= 11 is 0. The molecule has 8 heteroatoms. The third kappa shape index (κ3) is 3.43. The van der Waals surface area contributed by atoms with Crippen molar-refractivity contribution in [2.75, 3.05) is 18.4 Å². The van der Waals surface area contributed by atoms with Crippen molar-refractivity contribution in [2.45, 2.75) is 18.9 Å². The number of anilines is 1. The van der Waals surface area contributed by atoms with Gasteiger partial charge in [-0.15, -0.1) is 0 Å². The Morgan fingerprint density at radius 3 is 2.68 bits per heavy atom. The van der Waals surface area contributed by atoms with Gasteiger partial charge in [-0.2, -0.15) is 20.1 Å². The van der Waals surface area contributed by atoms with Crippen molar-refractivity contribution in [3.63, 3.8) is 0 Å². The van der Waals surface area contributed by atoms with Crippen LogP contribution < -0.4 is 10.6 Å². The van der Waals surface area contributed by atoms with E-state index < -0.39 is 0 Å².